The molecule has 0 amide bonds. The third kappa shape index (κ3) is 7.08. The predicted molar refractivity (Wildman–Crippen MR) is 75.0 cm³/mol. The third-order valence-electron chi connectivity index (χ3n) is 2.60. The number of hydrogen-bond acceptors (Lipinski definition) is 1. The molecule has 0 aliphatic rings. The molecule has 0 aromatic rings. The van der Waals surface area contributed by atoms with Crippen LogP contribution in [0.2, 0.25) is 19.6 Å². The van der Waals surface area contributed by atoms with Gasteiger partial charge in [-0.25, -0.2) is 0 Å². The maximum atomic E-state index is 10.1. The highest BCUT2D eigenvalue weighted by molar-refractivity contribution is 6.83. The van der Waals surface area contributed by atoms with Crippen LogP contribution < -0.4 is 0 Å². The van der Waals surface area contributed by atoms with E-state index in [0.717, 1.165) is 19.3 Å². The fraction of sp³-hybridized carbons (Fsp3) is 0.857. The molecule has 0 aliphatic heterocycles. The Kier molecular flexibility index (Phi) is 7.02. The summed E-state index contributed by atoms with van der Waals surface area (Å²) in [6.45, 7) is 13.2. The highest BCUT2D eigenvalue weighted by atomic mass is 28.3. The van der Waals surface area contributed by atoms with Gasteiger partial charge in [-0.3, -0.25) is 0 Å². The van der Waals surface area contributed by atoms with Gasteiger partial charge in [-0.1, -0.05) is 53.3 Å². The molecule has 16 heavy (non-hydrogen) atoms. The molecule has 0 aliphatic carbocycles. The average Bonchev–Trinajstić information content (AvgIpc) is 2.12. The zero-order valence-corrected chi connectivity index (χ0v) is 12.8. The molecule has 0 heterocycles. The van der Waals surface area contributed by atoms with Crippen molar-refractivity contribution in [3.63, 3.8) is 0 Å². The van der Waals surface area contributed by atoms with Crippen LogP contribution in [0.15, 0.2) is 0 Å². The van der Waals surface area contributed by atoms with E-state index in [9.17, 15) is 5.11 Å². The van der Waals surface area contributed by atoms with E-state index in [4.69, 9.17) is 0 Å². The van der Waals surface area contributed by atoms with Gasteiger partial charge in [0.1, 0.15) is 8.07 Å². The van der Waals surface area contributed by atoms with E-state index in [1.165, 1.54) is 0 Å². The highest BCUT2D eigenvalue weighted by Gasteiger charge is 2.20. The van der Waals surface area contributed by atoms with Crippen molar-refractivity contribution >= 4 is 8.07 Å². The van der Waals surface area contributed by atoms with Crippen LogP contribution in [0.3, 0.4) is 0 Å². The summed E-state index contributed by atoms with van der Waals surface area (Å²) in [7, 11) is -1.32. The molecule has 2 heteroatoms. The molecule has 0 saturated heterocycles. The SMILES string of the molecule is CCCC[C@@H](O)[C@@H](C#C[Si](C)(C)C)C(C)C. The minimum absolute atomic E-state index is 0.151. The Labute approximate surface area is 103 Å². The molecule has 0 unspecified atom stereocenters. The molecule has 0 saturated carbocycles. The van der Waals surface area contributed by atoms with Gasteiger partial charge < -0.3 is 5.11 Å². The molecule has 0 fully saturated rings. The van der Waals surface area contributed by atoms with Crippen molar-refractivity contribution in [1.82, 2.24) is 0 Å². The first-order valence-corrected chi connectivity index (χ1v) is 9.98. The van der Waals surface area contributed by atoms with Crippen LogP contribution >= 0.6 is 0 Å². The Balaban J connectivity index is 4.54. The molecule has 0 aromatic carbocycles. The first-order chi connectivity index (χ1) is 7.28. The first-order valence-electron chi connectivity index (χ1n) is 6.48. The maximum absolute atomic E-state index is 10.1. The molecule has 0 bridgehead atoms. The topological polar surface area (TPSA) is 20.2 Å². The van der Waals surface area contributed by atoms with Crippen molar-refractivity contribution in [2.45, 2.75) is 65.8 Å². The lowest BCUT2D eigenvalue weighted by atomic mass is 9.88. The van der Waals surface area contributed by atoms with Crippen molar-refractivity contribution in [2.75, 3.05) is 0 Å². The van der Waals surface area contributed by atoms with E-state index in [2.05, 4.69) is 51.9 Å². The molecule has 0 aromatic heterocycles. The summed E-state index contributed by atoms with van der Waals surface area (Å²) in [6.07, 6.45) is 2.88. The van der Waals surface area contributed by atoms with E-state index < -0.39 is 8.07 Å². The van der Waals surface area contributed by atoms with Crippen LogP contribution in [-0.2, 0) is 0 Å². The lowest BCUT2D eigenvalue weighted by molar-refractivity contribution is 0.101. The van der Waals surface area contributed by atoms with Crippen LogP contribution in [0.25, 0.3) is 0 Å². The van der Waals surface area contributed by atoms with Gasteiger partial charge in [0.2, 0.25) is 0 Å². The molecule has 2 atom stereocenters. The third-order valence-corrected chi connectivity index (χ3v) is 3.49. The smallest absolute Gasteiger partial charge is 0.129 e. The van der Waals surface area contributed by atoms with E-state index >= 15 is 0 Å². The van der Waals surface area contributed by atoms with Gasteiger partial charge in [-0.15, -0.1) is 11.5 Å². The fourth-order valence-electron chi connectivity index (χ4n) is 1.60. The van der Waals surface area contributed by atoms with Crippen molar-refractivity contribution in [1.29, 1.82) is 0 Å². The molecule has 1 N–H and O–H groups in total. The van der Waals surface area contributed by atoms with Crippen molar-refractivity contribution < 1.29 is 5.11 Å². The van der Waals surface area contributed by atoms with Crippen LogP contribution in [-0.4, -0.2) is 19.3 Å². The minimum atomic E-state index is -1.32. The van der Waals surface area contributed by atoms with Crippen molar-refractivity contribution in [3.05, 3.63) is 0 Å². The second-order valence-corrected chi connectivity index (χ2v) is 10.7. The van der Waals surface area contributed by atoms with Gasteiger partial charge in [0.05, 0.1) is 6.10 Å². The Hall–Kier alpha value is -0.263. The number of aliphatic hydroxyl groups excluding tert-OH is 1. The summed E-state index contributed by atoms with van der Waals surface area (Å²) >= 11 is 0. The van der Waals surface area contributed by atoms with Crippen LogP contribution in [0.4, 0.5) is 0 Å². The summed E-state index contributed by atoms with van der Waals surface area (Å²) in [5.74, 6) is 3.92. The normalized spacial score (nSPS) is 15.5. The second kappa shape index (κ2) is 7.14. The first kappa shape index (κ1) is 15.7. The van der Waals surface area contributed by atoms with Gasteiger partial charge in [0, 0.05) is 5.92 Å². The zero-order chi connectivity index (χ0) is 12.8. The molecule has 1 nitrogen and oxygen atoms in total. The minimum Gasteiger partial charge on any atom is -0.392 e. The van der Waals surface area contributed by atoms with Crippen LogP contribution in [0.5, 0.6) is 0 Å². The molecule has 0 radical (unpaired) electrons. The molecule has 0 spiro atoms. The Morgan fingerprint density at radius 3 is 2.12 bits per heavy atom. The summed E-state index contributed by atoms with van der Waals surface area (Å²) in [5.41, 5.74) is 3.39. The summed E-state index contributed by atoms with van der Waals surface area (Å²) in [4.78, 5) is 0. The predicted octanol–water partition coefficient (Wildman–Crippen LogP) is 3.69. The number of rotatable bonds is 5. The van der Waals surface area contributed by atoms with Gasteiger partial charge >= 0.3 is 0 Å². The largest absolute Gasteiger partial charge is 0.392 e. The van der Waals surface area contributed by atoms with Gasteiger partial charge in [-0.05, 0) is 12.3 Å². The molecule has 94 valence electrons. The second-order valence-electron chi connectivity index (χ2n) is 6.00. The van der Waals surface area contributed by atoms with Crippen molar-refractivity contribution in [3.8, 4) is 11.5 Å². The average molecular weight is 240 g/mol. The lowest BCUT2D eigenvalue weighted by Gasteiger charge is -2.22. The molecule has 0 rings (SSSR count). The summed E-state index contributed by atoms with van der Waals surface area (Å²) in [5, 5.41) is 10.1. The van der Waals surface area contributed by atoms with E-state index in [1.807, 2.05) is 0 Å². The van der Waals surface area contributed by atoms with Gasteiger partial charge in [0.15, 0.2) is 0 Å². The van der Waals surface area contributed by atoms with Crippen molar-refractivity contribution in [2.24, 2.45) is 11.8 Å². The zero-order valence-electron chi connectivity index (χ0n) is 11.8. The number of unbranched alkanes of at least 4 members (excludes halogenated alkanes) is 1. The van der Waals surface area contributed by atoms with Gasteiger partial charge in [-0.2, -0.15) is 0 Å². The monoisotopic (exact) mass is 240 g/mol. The Morgan fingerprint density at radius 1 is 1.19 bits per heavy atom. The van der Waals surface area contributed by atoms with Crippen LogP contribution in [0.1, 0.15) is 40.0 Å². The fourth-order valence-corrected chi connectivity index (χ4v) is 2.20. The van der Waals surface area contributed by atoms with Crippen LogP contribution in [0, 0.1) is 23.3 Å². The maximum Gasteiger partial charge on any atom is 0.129 e. The molecular formula is C14H28OSi. The standard InChI is InChI=1S/C14H28OSi/c1-7-8-9-14(15)13(12(2)3)10-11-16(4,5)6/h12-15H,7-9H2,1-6H3/t13-,14+/m0/s1. The van der Waals surface area contributed by atoms with E-state index in [1.54, 1.807) is 0 Å². The summed E-state index contributed by atoms with van der Waals surface area (Å²) in [6, 6.07) is 0. The number of aliphatic hydroxyl groups is 1. The Bertz CT molecular complexity index is 242. The number of hydrogen-bond donors (Lipinski definition) is 1. The highest BCUT2D eigenvalue weighted by Crippen LogP contribution is 2.19. The quantitative estimate of drug-likeness (QED) is 0.574. The lowest BCUT2D eigenvalue weighted by Crippen LogP contribution is -2.25. The Morgan fingerprint density at radius 2 is 1.75 bits per heavy atom. The van der Waals surface area contributed by atoms with Gasteiger partial charge in [0.25, 0.3) is 0 Å². The van der Waals surface area contributed by atoms with E-state index in [0.29, 0.717) is 5.92 Å². The molecular weight excluding hydrogens is 212 g/mol. The van der Waals surface area contributed by atoms with E-state index in [-0.39, 0.29) is 12.0 Å². The summed E-state index contributed by atoms with van der Waals surface area (Å²) < 4.78 is 0.